The number of benzene rings is 3. The van der Waals surface area contributed by atoms with Crippen LogP contribution < -0.4 is 5.43 Å². The van der Waals surface area contributed by atoms with Crippen molar-refractivity contribution in [1.82, 2.24) is 4.98 Å². The molecule has 3 aromatic carbocycles. The molecule has 0 fully saturated rings. The van der Waals surface area contributed by atoms with Crippen molar-refractivity contribution >= 4 is 40.1 Å². The molecule has 9 nitrogen and oxygen atoms in total. The highest BCUT2D eigenvalue weighted by Gasteiger charge is 2.13. The number of anilines is 1. The Morgan fingerprint density at radius 2 is 1.42 bits per heavy atom. The summed E-state index contributed by atoms with van der Waals surface area (Å²) < 4.78 is 0. The number of nitrogens with zero attached hydrogens (tertiary/aromatic N) is 4. The van der Waals surface area contributed by atoms with Gasteiger partial charge in [-0.05, 0) is 36.4 Å². The first-order chi connectivity index (χ1) is 16.0. The van der Waals surface area contributed by atoms with E-state index in [4.69, 9.17) is 0 Å². The van der Waals surface area contributed by atoms with Gasteiger partial charge in [0.25, 0.3) is 0 Å². The molecule has 1 aromatic heterocycles. The van der Waals surface area contributed by atoms with Gasteiger partial charge in [0.15, 0.2) is 0 Å². The van der Waals surface area contributed by atoms with Crippen LogP contribution in [0.25, 0.3) is 10.9 Å². The van der Waals surface area contributed by atoms with Crippen molar-refractivity contribution in [1.29, 1.82) is 0 Å². The quantitative estimate of drug-likeness (QED) is 0.164. The third-order valence-electron chi connectivity index (χ3n) is 4.70. The second-order valence-corrected chi connectivity index (χ2v) is 6.80. The number of aromatic nitrogens is 1. The summed E-state index contributed by atoms with van der Waals surface area (Å²) >= 11 is 0. The van der Waals surface area contributed by atoms with E-state index < -0.39 is 11.9 Å². The smallest absolute Gasteiger partial charge is 0.337 e. The predicted octanol–water partition coefficient (Wildman–Crippen LogP) is 5.19. The fourth-order valence-electron chi connectivity index (χ4n) is 3.14. The summed E-state index contributed by atoms with van der Waals surface area (Å²) in [5.74, 6) is -2.15. The van der Waals surface area contributed by atoms with E-state index in [1.165, 1.54) is 18.2 Å². The van der Waals surface area contributed by atoms with Crippen LogP contribution in [0.4, 0.5) is 11.4 Å². The first-order valence-electron chi connectivity index (χ1n) is 9.79. The molecule has 4 rings (SSSR count). The lowest BCUT2D eigenvalue weighted by Gasteiger charge is -2.08. The Hall–Kier alpha value is -4.92. The summed E-state index contributed by atoms with van der Waals surface area (Å²) in [6, 6.07) is 21.6. The van der Waals surface area contributed by atoms with Crippen molar-refractivity contribution in [2.24, 2.45) is 15.3 Å². The molecule has 0 bridgehead atoms. The molecule has 0 aliphatic carbocycles. The standard InChI is InChI=1S/C24H17N5O4/c30-23(31)16-9-1-3-12-19(16)26-28-22(18-11-5-7-15-8-6-14-25-21(15)18)29-27-20-13-4-2-10-17(20)24(32)33/h1-14,26H,(H,30,31)(H,32,33)/b28-22-,29-27?. The Morgan fingerprint density at radius 1 is 0.758 bits per heavy atom. The lowest BCUT2D eigenvalue weighted by atomic mass is 10.1. The third-order valence-corrected chi connectivity index (χ3v) is 4.70. The van der Waals surface area contributed by atoms with E-state index in [1.54, 1.807) is 54.7 Å². The van der Waals surface area contributed by atoms with Crippen LogP contribution in [0.15, 0.2) is 100 Å². The van der Waals surface area contributed by atoms with Crippen LogP contribution in [0.2, 0.25) is 0 Å². The number of para-hydroxylation sites is 2. The fourth-order valence-corrected chi connectivity index (χ4v) is 3.14. The molecule has 162 valence electrons. The average molecular weight is 439 g/mol. The highest BCUT2D eigenvalue weighted by Crippen LogP contribution is 2.22. The molecule has 0 unspecified atom stereocenters. The summed E-state index contributed by atoms with van der Waals surface area (Å²) in [4.78, 5) is 27.4. The number of pyridine rings is 1. The van der Waals surface area contributed by atoms with E-state index in [1.807, 2.05) is 12.1 Å². The number of hydrazone groups is 1. The minimum absolute atomic E-state index is 0.0131. The molecule has 0 aliphatic heterocycles. The SMILES string of the molecule is O=C(O)c1ccccc1N=N/C(=N\Nc1ccccc1C(=O)O)c1cccc2cccnc12. The summed E-state index contributed by atoms with van der Waals surface area (Å²) in [5.41, 5.74) is 4.31. The van der Waals surface area contributed by atoms with Gasteiger partial charge < -0.3 is 10.2 Å². The first-order valence-corrected chi connectivity index (χ1v) is 9.79. The third kappa shape index (κ3) is 4.72. The Labute approximate surface area is 187 Å². The second kappa shape index (κ2) is 9.48. The van der Waals surface area contributed by atoms with Crippen molar-refractivity contribution in [3.8, 4) is 0 Å². The van der Waals surface area contributed by atoms with Crippen molar-refractivity contribution in [2.75, 3.05) is 5.43 Å². The predicted molar refractivity (Wildman–Crippen MR) is 123 cm³/mol. The Bertz CT molecular complexity index is 1410. The van der Waals surface area contributed by atoms with Crippen LogP contribution in [-0.2, 0) is 0 Å². The maximum absolute atomic E-state index is 11.5. The number of rotatable bonds is 6. The molecular formula is C24H17N5O4. The molecule has 4 aromatic rings. The number of amidine groups is 1. The number of fused-ring (bicyclic) bond motifs is 1. The average Bonchev–Trinajstić information content (AvgIpc) is 2.84. The molecule has 0 atom stereocenters. The topological polar surface area (TPSA) is 137 Å². The zero-order chi connectivity index (χ0) is 23.2. The molecule has 0 saturated carbocycles. The fraction of sp³-hybridized carbons (Fsp3) is 0. The number of azo groups is 1. The number of carbonyl (C=O) groups is 2. The van der Waals surface area contributed by atoms with Gasteiger partial charge in [0.05, 0.1) is 22.3 Å². The second-order valence-electron chi connectivity index (χ2n) is 6.80. The molecule has 0 saturated heterocycles. The number of carboxylic acids is 2. The minimum Gasteiger partial charge on any atom is -0.478 e. The zero-order valence-electron chi connectivity index (χ0n) is 17.1. The highest BCUT2D eigenvalue weighted by molar-refractivity contribution is 6.09. The molecule has 0 spiro atoms. The molecule has 3 N–H and O–H groups in total. The van der Waals surface area contributed by atoms with Gasteiger partial charge in [0.1, 0.15) is 5.69 Å². The van der Waals surface area contributed by atoms with Crippen LogP contribution in [0.5, 0.6) is 0 Å². The van der Waals surface area contributed by atoms with Gasteiger partial charge in [0, 0.05) is 17.1 Å². The zero-order valence-corrected chi connectivity index (χ0v) is 17.1. The van der Waals surface area contributed by atoms with Gasteiger partial charge in [-0.1, -0.05) is 42.5 Å². The minimum atomic E-state index is -1.14. The molecule has 1 heterocycles. The van der Waals surface area contributed by atoms with Crippen LogP contribution in [0.1, 0.15) is 26.3 Å². The van der Waals surface area contributed by atoms with E-state index in [0.29, 0.717) is 11.1 Å². The lowest BCUT2D eigenvalue weighted by molar-refractivity contribution is 0.0687. The van der Waals surface area contributed by atoms with E-state index in [2.05, 4.69) is 25.7 Å². The van der Waals surface area contributed by atoms with Gasteiger partial charge in [0.2, 0.25) is 5.84 Å². The van der Waals surface area contributed by atoms with Gasteiger partial charge >= 0.3 is 11.9 Å². The van der Waals surface area contributed by atoms with Crippen LogP contribution in [0.3, 0.4) is 0 Å². The molecule has 9 heteroatoms. The number of hydrogen-bond donors (Lipinski definition) is 3. The summed E-state index contributed by atoms with van der Waals surface area (Å²) in [7, 11) is 0. The summed E-state index contributed by atoms with van der Waals surface area (Å²) in [6.07, 6.45) is 1.63. The number of hydrogen-bond acceptors (Lipinski definition) is 6. The van der Waals surface area contributed by atoms with E-state index in [9.17, 15) is 19.8 Å². The number of carboxylic acid groups (broad SMARTS) is 2. The van der Waals surface area contributed by atoms with Crippen molar-refractivity contribution in [3.05, 3.63) is 102 Å². The van der Waals surface area contributed by atoms with Gasteiger partial charge in [-0.15, -0.1) is 10.2 Å². The molecule has 0 amide bonds. The Balaban J connectivity index is 1.82. The maximum atomic E-state index is 11.5. The summed E-state index contributed by atoms with van der Waals surface area (Å²) in [6.45, 7) is 0. The van der Waals surface area contributed by atoms with Crippen molar-refractivity contribution in [3.63, 3.8) is 0 Å². The first kappa shape index (κ1) is 21.3. The monoisotopic (exact) mass is 439 g/mol. The van der Waals surface area contributed by atoms with E-state index in [0.717, 1.165) is 5.39 Å². The van der Waals surface area contributed by atoms with E-state index in [-0.39, 0.29) is 28.3 Å². The van der Waals surface area contributed by atoms with Crippen LogP contribution in [0, 0.1) is 0 Å². The molecule has 0 aliphatic rings. The Kier molecular flexibility index (Phi) is 6.12. The van der Waals surface area contributed by atoms with Crippen LogP contribution in [-0.4, -0.2) is 33.0 Å². The normalized spacial score (nSPS) is 11.6. The van der Waals surface area contributed by atoms with Gasteiger partial charge in [-0.3, -0.25) is 10.4 Å². The molecule has 33 heavy (non-hydrogen) atoms. The summed E-state index contributed by atoms with van der Waals surface area (Å²) in [5, 5.41) is 32.3. The number of aromatic carboxylic acids is 2. The largest absolute Gasteiger partial charge is 0.478 e. The Morgan fingerprint density at radius 3 is 2.21 bits per heavy atom. The molecular weight excluding hydrogens is 422 g/mol. The van der Waals surface area contributed by atoms with Crippen molar-refractivity contribution < 1.29 is 19.8 Å². The van der Waals surface area contributed by atoms with Gasteiger partial charge in [-0.25, -0.2) is 9.59 Å². The van der Waals surface area contributed by atoms with Gasteiger partial charge in [-0.2, -0.15) is 5.10 Å². The lowest BCUT2D eigenvalue weighted by Crippen LogP contribution is -2.06. The van der Waals surface area contributed by atoms with Crippen molar-refractivity contribution in [2.45, 2.75) is 0 Å². The number of nitrogens with one attached hydrogen (secondary N) is 1. The van der Waals surface area contributed by atoms with Crippen LogP contribution >= 0.6 is 0 Å². The molecule has 0 radical (unpaired) electrons. The van der Waals surface area contributed by atoms with E-state index >= 15 is 0 Å². The highest BCUT2D eigenvalue weighted by atomic mass is 16.4. The maximum Gasteiger partial charge on any atom is 0.337 e.